The summed E-state index contributed by atoms with van der Waals surface area (Å²) in [6.45, 7) is 10.2. The van der Waals surface area contributed by atoms with E-state index in [-0.39, 0.29) is 22.7 Å². The van der Waals surface area contributed by atoms with Gasteiger partial charge in [-0.2, -0.15) is 0 Å². The molecule has 1 N–H and O–H groups in total. The number of fused-ring (bicyclic) bond motifs is 3. The molecule has 9 atom stereocenters. The van der Waals surface area contributed by atoms with Crippen molar-refractivity contribution in [3.8, 4) is 0 Å². The lowest BCUT2D eigenvalue weighted by Gasteiger charge is -2.61. The molecule has 170 valence electrons. The molecule has 4 nitrogen and oxygen atoms in total. The largest absolute Gasteiger partial charge is 0.431 e. The van der Waals surface area contributed by atoms with Crippen LogP contribution < -0.4 is 5.63 Å². The fraction of sp³-hybridized carbons (Fsp3) is 0.741. The molecule has 0 bridgehead atoms. The van der Waals surface area contributed by atoms with Crippen molar-refractivity contribution in [1.29, 1.82) is 0 Å². The van der Waals surface area contributed by atoms with Crippen LogP contribution in [0.25, 0.3) is 0 Å². The number of aliphatic hydroxyl groups is 1. The maximum Gasteiger partial charge on any atom is 0.335 e. The fourth-order valence-electron chi connectivity index (χ4n) is 8.74. The second-order valence-electron chi connectivity index (χ2n) is 11.4. The van der Waals surface area contributed by atoms with E-state index in [1.54, 1.807) is 18.4 Å². The van der Waals surface area contributed by atoms with Crippen molar-refractivity contribution >= 4 is 0 Å². The molecule has 1 spiro atoms. The van der Waals surface area contributed by atoms with Crippen molar-refractivity contribution in [2.75, 3.05) is 0 Å². The lowest BCUT2D eigenvalue weighted by Crippen LogP contribution is -2.58. The minimum absolute atomic E-state index is 0.0285. The average molecular weight is 427 g/mol. The van der Waals surface area contributed by atoms with Gasteiger partial charge in [0.2, 0.25) is 0 Å². The highest BCUT2D eigenvalue weighted by atomic mass is 16.6. The van der Waals surface area contributed by atoms with Crippen molar-refractivity contribution in [1.82, 2.24) is 0 Å². The zero-order chi connectivity index (χ0) is 22.0. The van der Waals surface area contributed by atoms with E-state index in [0.29, 0.717) is 29.3 Å². The van der Waals surface area contributed by atoms with Crippen LogP contribution in [0.15, 0.2) is 40.3 Å². The minimum Gasteiger partial charge on any atom is -0.431 e. The number of epoxide rings is 1. The third kappa shape index (κ3) is 2.90. The Balaban J connectivity index is 0.000000646. The number of aliphatic hydroxyl groups excluding tert-OH is 1. The van der Waals surface area contributed by atoms with Crippen molar-refractivity contribution < 1.29 is 14.3 Å². The van der Waals surface area contributed by atoms with Crippen molar-refractivity contribution in [3.63, 3.8) is 0 Å². The summed E-state index contributed by atoms with van der Waals surface area (Å²) in [6, 6.07) is 3.55. The van der Waals surface area contributed by atoms with Gasteiger partial charge in [-0.05, 0) is 99.0 Å². The smallest absolute Gasteiger partial charge is 0.335 e. The Morgan fingerprint density at radius 3 is 2.58 bits per heavy atom. The van der Waals surface area contributed by atoms with Crippen LogP contribution in [-0.4, -0.2) is 22.9 Å². The van der Waals surface area contributed by atoms with E-state index in [4.69, 9.17) is 9.15 Å². The molecule has 1 aliphatic heterocycles. The molecule has 0 unspecified atom stereocenters. The molecular formula is C27H38O4. The zero-order valence-electron chi connectivity index (χ0n) is 19.3. The summed E-state index contributed by atoms with van der Waals surface area (Å²) >= 11 is 0. The molecule has 5 aliphatic rings. The van der Waals surface area contributed by atoms with Gasteiger partial charge in [0, 0.05) is 11.5 Å². The molecule has 0 radical (unpaired) electrons. The van der Waals surface area contributed by atoms with Gasteiger partial charge in [-0.1, -0.05) is 19.9 Å². The van der Waals surface area contributed by atoms with E-state index >= 15 is 0 Å². The number of ether oxygens (including phenoxy) is 1. The third-order valence-corrected chi connectivity index (χ3v) is 10.2. The summed E-state index contributed by atoms with van der Waals surface area (Å²) in [7, 11) is 0. The quantitative estimate of drug-likeness (QED) is 0.479. The average Bonchev–Trinajstić information content (AvgIpc) is 3.40. The minimum atomic E-state index is -0.266. The van der Waals surface area contributed by atoms with Gasteiger partial charge in [0.1, 0.15) is 5.60 Å². The standard InChI is InChI=1S/C24H32O4.C3H6/c1-22-9-7-16(25)11-15(22)4-5-18-17(22)8-10-23(2)19(12-20-24(18,23)28-20)14-3-6-21(26)27-13-14;1-3-2/h3,6,13,15-20,25H,4-5,7-12H2,1-2H3;3H,1H2,2H3/t15-,16+,17+,18-,19-,20-,22+,23-,24-;/m1./s1. The van der Waals surface area contributed by atoms with Crippen molar-refractivity contribution in [2.24, 2.45) is 28.6 Å². The van der Waals surface area contributed by atoms with Gasteiger partial charge < -0.3 is 14.3 Å². The summed E-state index contributed by atoms with van der Waals surface area (Å²) < 4.78 is 11.8. The van der Waals surface area contributed by atoms with E-state index < -0.39 is 0 Å². The summed E-state index contributed by atoms with van der Waals surface area (Å²) in [5, 5.41) is 10.2. The van der Waals surface area contributed by atoms with Crippen LogP contribution in [0.2, 0.25) is 0 Å². The van der Waals surface area contributed by atoms with Gasteiger partial charge in [-0.15, -0.1) is 6.58 Å². The Kier molecular flexibility index (Phi) is 5.06. The summed E-state index contributed by atoms with van der Waals surface area (Å²) in [5.41, 5.74) is 1.44. The van der Waals surface area contributed by atoms with Gasteiger partial charge in [0.25, 0.3) is 0 Å². The second-order valence-corrected chi connectivity index (χ2v) is 11.4. The molecule has 5 fully saturated rings. The molecule has 31 heavy (non-hydrogen) atoms. The molecule has 1 aromatic rings. The molecule has 4 aliphatic carbocycles. The van der Waals surface area contributed by atoms with Crippen molar-refractivity contribution in [3.05, 3.63) is 47.0 Å². The Morgan fingerprint density at radius 2 is 1.87 bits per heavy atom. The number of rotatable bonds is 1. The Hall–Kier alpha value is -1.39. The third-order valence-electron chi connectivity index (χ3n) is 10.2. The van der Waals surface area contributed by atoms with E-state index in [0.717, 1.165) is 25.2 Å². The molecule has 0 amide bonds. The predicted molar refractivity (Wildman–Crippen MR) is 121 cm³/mol. The zero-order valence-corrected chi connectivity index (χ0v) is 19.3. The first-order valence-corrected chi connectivity index (χ1v) is 12.3. The highest BCUT2D eigenvalue weighted by molar-refractivity contribution is 5.35. The topological polar surface area (TPSA) is 63.0 Å². The number of allylic oxidation sites excluding steroid dienone is 1. The normalized spacial score (nSPS) is 49.4. The Morgan fingerprint density at radius 1 is 1.10 bits per heavy atom. The van der Waals surface area contributed by atoms with Crippen LogP contribution in [0.1, 0.15) is 83.6 Å². The molecule has 0 aromatic carbocycles. The van der Waals surface area contributed by atoms with Crippen molar-refractivity contribution in [2.45, 2.75) is 95.9 Å². The molecule has 1 saturated heterocycles. The number of hydrogen-bond donors (Lipinski definition) is 1. The Bertz CT molecular complexity index is 886. The first kappa shape index (κ1) is 21.5. The van der Waals surface area contributed by atoms with Gasteiger partial charge in [-0.25, -0.2) is 4.79 Å². The second kappa shape index (κ2) is 7.31. The predicted octanol–water partition coefficient (Wildman–Crippen LogP) is 5.45. The summed E-state index contributed by atoms with van der Waals surface area (Å²) in [5.74, 6) is 2.48. The number of hydrogen-bond acceptors (Lipinski definition) is 4. The lowest BCUT2D eigenvalue weighted by atomic mass is 9.44. The molecule has 4 heteroatoms. The lowest BCUT2D eigenvalue weighted by molar-refractivity contribution is -0.139. The van der Waals surface area contributed by atoms with Crippen LogP contribution >= 0.6 is 0 Å². The van der Waals surface area contributed by atoms with Crippen LogP contribution in [0.5, 0.6) is 0 Å². The molecule has 1 aromatic heterocycles. The first-order valence-electron chi connectivity index (χ1n) is 12.3. The molecule has 6 rings (SSSR count). The van der Waals surface area contributed by atoms with Crippen LogP contribution in [0, 0.1) is 28.6 Å². The summed E-state index contributed by atoms with van der Waals surface area (Å²) in [6.07, 6.45) is 12.9. The van der Waals surface area contributed by atoms with E-state index in [1.165, 1.54) is 37.7 Å². The molecule has 4 saturated carbocycles. The van der Waals surface area contributed by atoms with Gasteiger partial charge >= 0.3 is 5.63 Å². The highest BCUT2D eigenvalue weighted by Crippen LogP contribution is 2.77. The van der Waals surface area contributed by atoms with Gasteiger partial charge in [0.15, 0.2) is 0 Å². The van der Waals surface area contributed by atoms with Gasteiger partial charge in [0.05, 0.1) is 18.5 Å². The van der Waals surface area contributed by atoms with E-state index in [1.807, 2.05) is 13.0 Å². The Labute approximate surface area is 186 Å². The SMILES string of the molecule is C=CC.C[C@]12CC[C@H](O)C[C@H]1CC[C@@H]1[C@@H]2CC[C@]2(C)[C@@H](c3ccc(=O)oc3)C[C@H]3O[C@]132. The van der Waals surface area contributed by atoms with Gasteiger partial charge in [-0.3, -0.25) is 0 Å². The maximum atomic E-state index is 11.4. The van der Waals surface area contributed by atoms with Crippen LogP contribution in [0.4, 0.5) is 0 Å². The maximum absolute atomic E-state index is 11.4. The molecule has 2 heterocycles. The van der Waals surface area contributed by atoms with E-state index in [9.17, 15) is 9.90 Å². The monoisotopic (exact) mass is 426 g/mol. The van der Waals surface area contributed by atoms with Crippen LogP contribution in [0.3, 0.4) is 0 Å². The fourth-order valence-corrected chi connectivity index (χ4v) is 8.74. The molecular weight excluding hydrogens is 388 g/mol. The van der Waals surface area contributed by atoms with Crippen LogP contribution in [-0.2, 0) is 4.74 Å². The highest BCUT2D eigenvalue weighted by Gasteiger charge is 2.80. The first-order chi connectivity index (χ1) is 14.8. The summed E-state index contributed by atoms with van der Waals surface area (Å²) in [4.78, 5) is 11.4. The van der Waals surface area contributed by atoms with E-state index in [2.05, 4.69) is 20.4 Å².